The van der Waals surface area contributed by atoms with Crippen LogP contribution in [0.1, 0.15) is 54.4 Å². The third-order valence-electron chi connectivity index (χ3n) is 2.68. The fourth-order valence-corrected chi connectivity index (χ4v) is 1.48. The lowest BCUT2D eigenvalue weighted by Crippen LogP contribution is -2.27. The lowest BCUT2D eigenvalue weighted by molar-refractivity contribution is 0.0477. The van der Waals surface area contributed by atoms with E-state index in [2.05, 4.69) is 46.8 Å². The van der Waals surface area contributed by atoms with Gasteiger partial charge in [-0.15, -0.1) is 0 Å². The van der Waals surface area contributed by atoms with Crippen molar-refractivity contribution in [3.05, 3.63) is 12.2 Å². The Kier molecular flexibility index (Phi) is 4.87. The summed E-state index contributed by atoms with van der Waals surface area (Å²) < 4.78 is 0. The molecule has 1 N–H and O–H groups in total. The minimum atomic E-state index is -0.202. The monoisotopic (exact) mass is 198 g/mol. The van der Waals surface area contributed by atoms with Gasteiger partial charge in [-0.05, 0) is 30.6 Å². The first-order valence-corrected chi connectivity index (χ1v) is 5.51. The van der Waals surface area contributed by atoms with Gasteiger partial charge < -0.3 is 5.11 Å². The molecule has 0 saturated carbocycles. The standard InChI is InChI=1S/C13H26O/c1-7-9-13(5,6)10-8-11(14)12(2,3)4/h7,9,11,14H,8,10H2,1-6H3/b9-7-. The number of hydrogen-bond donors (Lipinski definition) is 1. The summed E-state index contributed by atoms with van der Waals surface area (Å²) in [4.78, 5) is 0. The Balaban J connectivity index is 4.06. The van der Waals surface area contributed by atoms with Crippen LogP contribution in [0.2, 0.25) is 0 Å². The molecule has 0 radical (unpaired) electrons. The highest BCUT2D eigenvalue weighted by atomic mass is 16.3. The molecule has 0 amide bonds. The molecule has 1 unspecified atom stereocenters. The van der Waals surface area contributed by atoms with Gasteiger partial charge in [0.25, 0.3) is 0 Å². The Morgan fingerprint density at radius 1 is 1.14 bits per heavy atom. The Morgan fingerprint density at radius 2 is 1.64 bits per heavy atom. The van der Waals surface area contributed by atoms with Crippen LogP contribution in [0.25, 0.3) is 0 Å². The van der Waals surface area contributed by atoms with Gasteiger partial charge in [-0.3, -0.25) is 0 Å². The Labute approximate surface area is 89.2 Å². The van der Waals surface area contributed by atoms with E-state index in [1.165, 1.54) is 0 Å². The van der Waals surface area contributed by atoms with Crippen LogP contribution in [0.3, 0.4) is 0 Å². The average Bonchev–Trinajstić information content (AvgIpc) is 1.98. The van der Waals surface area contributed by atoms with Gasteiger partial charge in [0.15, 0.2) is 0 Å². The van der Waals surface area contributed by atoms with Gasteiger partial charge in [0.1, 0.15) is 0 Å². The number of allylic oxidation sites excluding steroid dienone is 2. The van der Waals surface area contributed by atoms with E-state index in [9.17, 15) is 5.11 Å². The van der Waals surface area contributed by atoms with Crippen molar-refractivity contribution in [1.29, 1.82) is 0 Å². The van der Waals surface area contributed by atoms with E-state index in [1.807, 2.05) is 6.92 Å². The van der Waals surface area contributed by atoms with Crippen molar-refractivity contribution in [2.45, 2.75) is 60.5 Å². The third kappa shape index (κ3) is 5.43. The first-order chi connectivity index (χ1) is 6.19. The molecular weight excluding hydrogens is 172 g/mol. The fraction of sp³-hybridized carbons (Fsp3) is 0.846. The van der Waals surface area contributed by atoms with E-state index in [0.29, 0.717) is 0 Å². The second kappa shape index (κ2) is 4.97. The molecule has 0 rings (SSSR count). The molecule has 1 nitrogen and oxygen atoms in total. The minimum Gasteiger partial charge on any atom is -0.393 e. The summed E-state index contributed by atoms with van der Waals surface area (Å²) in [7, 11) is 0. The molecule has 84 valence electrons. The van der Waals surface area contributed by atoms with E-state index >= 15 is 0 Å². The van der Waals surface area contributed by atoms with Crippen LogP contribution in [0, 0.1) is 10.8 Å². The van der Waals surface area contributed by atoms with Crippen LogP contribution < -0.4 is 0 Å². The predicted octanol–water partition coefficient (Wildman–Crippen LogP) is 3.78. The van der Waals surface area contributed by atoms with E-state index < -0.39 is 0 Å². The average molecular weight is 198 g/mol. The Bertz CT molecular complexity index is 184. The molecule has 0 fully saturated rings. The Hall–Kier alpha value is -0.300. The normalized spacial score (nSPS) is 16.2. The topological polar surface area (TPSA) is 20.2 Å². The molecular formula is C13H26O. The fourth-order valence-electron chi connectivity index (χ4n) is 1.48. The van der Waals surface area contributed by atoms with Crippen molar-refractivity contribution in [2.24, 2.45) is 10.8 Å². The van der Waals surface area contributed by atoms with Crippen LogP contribution in [-0.4, -0.2) is 11.2 Å². The second-order valence-corrected chi connectivity index (χ2v) is 5.91. The summed E-state index contributed by atoms with van der Waals surface area (Å²) >= 11 is 0. The lowest BCUT2D eigenvalue weighted by Gasteiger charge is -2.29. The van der Waals surface area contributed by atoms with Crippen LogP contribution in [0.15, 0.2) is 12.2 Å². The van der Waals surface area contributed by atoms with Crippen molar-refractivity contribution in [3.8, 4) is 0 Å². The number of aliphatic hydroxyl groups excluding tert-OH is 1. The molecule has 0 aliphatic carbocycles. The molecule has 1 atom stereocenters. The lowest BCUT2D eigenvalue weighted by atomic mass is 9.80. The molecule has 14 heavy (non-hydrogen) atoms. The molecule has 0 aromatic heterocycles. The molecule has 0 aliphatic rings. The van der Waals surface area contributed by atoms with Crippen LogP contribution in [0.4, 0.5) is 0 Å². The molecule has 0 bridgehead atoms. The molecule has 0 heterocycles. The summed E-state index contributed by atoms with van der Waals surface area (Å²) in [6.07, 6.45) is 6.01. The van der Waals surface area contributed by atoms with Gasteiger partial charge in [-0.25, -0.2) is 0 Å². The zero-order chi connectivity index (χ0) is 11.4. The summed E-state index contributed by atoms with van der Waals surface area (Å²) in [5, 5.41) is 9.89. The Morgan fingerprint density at radius 3 is 2.00 bits per heavy atom. The van der Waals surface area contributed by atoms with Crippen molar-refractivity contribution in [1.82, 2.24) is 0 Å². The maximum Gasteiger partial charge on any atom is 0.0588 e. The summed E-state index contributed by atoms with van der Waals surface area (Å²) in [5.74, 6) is 0. The maximum absolute atomic E-state index is 9.89. The second-order valence-electron chi connectivity index (χ2n) is 5.91. The van der Waals surface area contributed by atoms with Gasteiger partial charge >= 0.3 is 0 Å². The quantitative estimate of drug-likeness (QED) is 0.682. The van der Waals surface area contributed by atoms with Crippen molar-refractivity contribution >= 4 is 0 Å². The first-order valence-electron chi connectivity index (χ1n) is 5.51. The zero-order valence-corrected chi connectivity index (χ0v) is 10.6. The van der Waals surface area contributed by atoms with Gasteiger partial charge in [0.2, 0.25) is 0 Å². The van der Waals surface area contributed by atoms with E-state index in [-0.39, 0.29) is 16.9 Å². The van der Waals surface area contributed by atoms with Crippen molar-refractivity contribution < 1.29 is 5.11 Å². The van der Waals surface area contributed by atoms with Crippen molar-refractivity contribution in [3.63, 3.8) is 0 Å². The van der Waals surface area contributed by atoms with Gasteiger partial charge in [-0.1, -0.05) is 46.8 Å². The highest BCUT2D eigenvalue weighted by molar-refractivity contribution is 4.93. The zero-order valence-electron chi connectivity index (χ0n) is 10.6. The van der Waals surface area contributed by atoms with Crippen LogP contribution in [0.5, 0.6) is 0 Å². The largest absolute Gasteiger partial charge is 0.393 e. The van der Waals surface area contributed by atoms with E-state index in [4.69, 9.17) is 0 Å². The summed E-state index contributed by atoms with van der Waals surface area (Å²) in [6, 6.07) is 0. The molecule has 0 aliphatic heterocycles. The molecule has 0 spiro atoms. The van der Waals surface area contributed by atoms with Crippen LogP contribution >= 0.6 is 0 Å². The summed E-state index contributed by atoms with van der Waals surface area (Å²) in [5.41, 5.74) is 0.215. The maximum atomic E-state index is 9.89. The van der Waals surface area contributed by atoms with Gasteiger partial charge in [0.05, 0.1) is 6.10 Å². The van der Waals surface area contributed by atoms with E-state index in [1.54, 1.807) is 0 Å². The summed E-state index contributed by atoms with van der Waals surface area (Å²) in [6.45, 7) is 12.7. The number of aliphatic hydroxyl groups is 1. The highest BCUT2D eigenvalue weighted by Gasteiger charge is 2.24. The van der Waals surface area contributed by atoms with Gasteiger partial charge in [0, 0.05) is 0 Å². The smallest absolute Gasteiger partial charge is 0.0588 e. The van der Waals surface area contributed by atoms with Gasteiger partial charge in [-0.2, -0.15) is 0 Å². The molecule has 1 heteroatoms. The minimum absolute atomic E-state index is 0.00596. The predicted molar refractivity (Wildman–Crippen MR) is 63.3 cm³/mol. The SMILES string of the molecule is C/C=C\C(C)(C)CCC(O)C(C)(C)C. The van der Waals surface area contributed by atoms with Crippen molar-refractivity contribution in [2.75, 3.05) is 0 Å². The highest BCUT2D eigenvalue weighted by Crippen LogP contribution is 2.29. The third-order valence-corrected chi connectivity index (χ3v) is 2.68. The molecule has 0 aromatic carbocycles. The first kappa shape index (κ1) is 13.7. The van der Waals surface area contributed by atoms with E-state index in [0.717, 1.165) is 12.8 Å². The number of hydrogen-bond acceptors (Lipinski definition) is 1. The van der Waals surface area contributed by atoms with Crippen LogP contribution in [-0.2, 0) is 0 Å². The number of rotatable bonds is 4. The molecule has 0 saturated heterocycles. The molecule has 0 aromatic rings.